The van der Waals surface area contributed by atoms with Crippen molar-refractivity contribution in [2.24, 2.45) is 5.92 Å². The number of phenolic OH excluding ortho intramolecular Hbond substituents is 1. The summed E-state index contributed by atoms with van der Waals surface area (Å²) in [5, 5.41) is 19.1. The molecule has 1 heterocycles. The van der Waals surface area contributed by atoms with E-state index in [0.29, 0.717) is 25.1 Å². The van der Waals surface area contributed by atoms with Gasteiger partial charge in [-0.15, -0.1) is 0 Å². The maximum atomic E-state index is 12.6. The number of rotatable bonds is 3. The fraction of sp³-hybridized carbons (Fsp3) is 0.467. The monoisotopic (exact) mass is 293 g/mol. The number of methoxy groups -OCH3 is 1. The van der Waals surface area contributed by atoms with Crippen LogP contribution >= 0.6 is 0 Å². The van der Waals surface area contributed by atoms with Crippen LogP contribution in [0.4, 0.5) is 0 Å². The van der Waals surface area contributed by atoms with Gasteiger partial charge in [-0.3, -0.25) is 9.59 Å². The Balaban J connectivity index is 2.28. The molecule has 0 radical (unpaired) electrons. The van der Waals surface area contributed by atoms with E-state index in [1.807, 2.05) is 0 Å². The number of carbonyl (C=O) groups is 2. The summed E-state index contributed by atoms with van der Waals surface area (Å²) in [7, 11) is 1.48. The summed E-state index contributed by atoms with van der Waals surface area (Å²) in [5.74, 6) is -1.50. The molecule has 1 aromatic rings. The molecule has 6 heteroatoms. The number of aliphatic carboxylic acids is 1. The zero-order valence-electron chi connectivity index (χ0n) is 12.1. The number of carboxylic acid groups (broad SMARTS) is 1. The zero-order valence-corrected chi connectivity index (χ0v) is 12.1. The lowest BCUT2D eigenvalue weighted by atomic mass is 9.89. The Kier molecular flexibility index (Phi) is 4.35. The van der Waals surface area contributed by atoms with Crippen molar-refractivity contribution >= 4 is 11.9 Å². The lowest BCUT2D eigenvalue weighted by molar-refractivity contribution is -0.144. The number of amides is 1. The predicted octanol–water partition coefficient (Wildman–Crippen LogP) is 1.73. The zero-order chi connectivity index (χ0) is 15.6. The van der Waals surface area contributed by atoms with Crippen LogP contribution < -0.4 is 4.74 Å². The van der Waals surface area contributed by atoms with Crippen molar-refractivity contribution in [1.82, 2.24) is 4.90 Å². The van der Waals surface area contributed by atoms with Crippen LogP contribution in [-0.4, -0.2) is 46.7 Å². The maximum Gasteiger partial charge on any atom is 0.308 e. The Morgan fingerprint density at radius 1 is 1.38 bits per heavy atom. The van der Waals surface area contributed by atoms with E-state index >= 15 is 0 Å². The highest BCUT2D eigenvalue weighted by Gasteiger charge is 2.36. The quantitative estimate of drug-likeness (QED) is 0.886. The number of benzene rings is 1. The summed E-state index contributed by atoms with van der Waals surface area (Å²) < 4.78 is 5.06. The summed E-state index contributed by atoms with van der Waals surface area (Å²) in [6.07, 6.45) is 1.20. The maximum absolute atomic E-state index is 12.6. The van der Waals surface area contributed by atoms with E-state index in [4.69, 9.17) is 4.74 Å². The van der Waals surface area contributed by atoms with Crippen molar-refractivity contribution < 1.29 is 24.5 Å². The molecule has 0 aliphatic carbocycles. The van der Waals surface area contributed by atoms with Gasteiger partial charge in [-0.25, -0.2) is 0 Å². The fourth-order valence-corrected chi connectivity index (χ4v) is 2.73. The Morgan fingerprint density at radius 3 is 2.71 bits per heavy atom. The number of hydrogen-bond donors (Lipinski definition) is 2. The standard InChI is InChI=1S/C15H19NO5/c1-9-11(15(19)20)4-3-7-16(9)14(18)12-8-10(21-2)5-6-13(12)17/h5-6,8-9,11,17H,3-4,7H2,1-2H3,(H,19,20)/t9-,11-/m0/s1. The molecule has 1 aliphatic rings. The molecule has 21 heavy (non-hydrogen) atoms. The topological polar surface area (TPSA) is 87.1 Å². The van der Waals surface area contributed by atoms with Crippen molar-refractivity contribution in [3.63, 3.8) is 0 Å². The van der Waals surface area contributed by atoms with E-state index in [1.165, 1.54) is 24.1 Å². The first-order valence-corrected chi connectivity index (χ1v) is 6.86. The van der Waals surface area contributed by atoms with E-state index in [1.54, 1.807) is 13.0 Å². The number of ether oxygens (including phenoxy) is 1. The number of phenols is 1. The van der Waals surface area contributed by atoms with Gasteiger partial charge in [-0.05, 0) is 38.0 Å². The molecule has 1 fully saturated rings. The molecule has 2 N–H and O–H groups in total. The van der Waals surface area contributed by atoms with Crippen molar-refractivity contribution in [3.05, 3.63) is 23.8 Å². The van der Waals surface area contributed by atoms with Gasteiger partial charge in [0.25, 0.3) is 5.91 Å². The summed E-state index contributed by atoms with van der Waals surface area (Å²) in [6, 6.07) is 4.02. The van der Waals surface area contributed by atoms with Crippen LogP contribution in [0, 0.1) is 5.92 Å². The van der Waals surface area contributed by atoms with Crippen molar-refractivity contribution in [3.8, 4) is 11.5 Å². The van der Waals surface area contributed by atoms with Gasteiger partial charge in [-0.2, -0.15) is 0 Å². The van der Waals surface area contributed by atoms with Crippen LogP contribution in [0.3, 0.4) is 0 Å². The number of hydrogen-bond acceptors (Lipinski definition) is 4. The van der Waals surface area contributed by atoms with Gasteiger partial charge in [-0.1, -0.05) is 0 Å². The highest BCUT2D eigenvalue weighted by Crippen LogP contribution is 2.29. The normalized spacial score (nSPS) is 21.9. The SMILES string of the molecule is COc1ccc(O)c(C(=O)N2CCC[C@H](C(=O)O)[C@@H]2C)c1. The van der Waals surface area contributed by atoms with Gasteiger partial charge in [0.1, 0.15) is 11.5 Å². The Hall–Kier alpha value is -2.24. The molecular formula is C15H19NO5. The third kappa shape index (κ3) is 2.94. The minimum Gasteiger partial charge on any atom is -0.507 e. The highest BCUT2D eigenvalue weighted by atomic mass is 16.5. The van der Waals surface area contributed by atoms with Crippen LogP contribution in [0.25, 0.3) is 0 Å². The van der Waals surface area contributed by atoms with Gasteiger partial charge in [0, 0.05) is 12.6 Å². The Labute approximate surface area is 122 Å². The van der Waals surface area contributed by atoms with Crippen molar-refractivity contribution in [2.75, 3.05) is 13.7 Å². The first-order valence-electron chi connectivity index (χ1n) is 6.86. The molecule has 1 aliphatic heterocycles. The average Bonchev–Trinajstić information content (AvgIpc) is 2.47. The summed E-state index contributed by atoms with van der Waals surface area (Å²) in [6.45, 7) is 2.22. The smallest absolute Gasteiger partial charge is 0.308 e. The molecule has 1 saturated heterocycles. The molecule has 0 unspecified atom stereocenters. The molecule has 2 rings (SSSR count). The molecule has 6 nitrogen and oxygen atoms in total. The second kappa shape index (κ2) is 6.03. The molecule has 0 spiro atoms. The van der Waals surface area contributed by atoms with Gasteiger partial charge in [0.15, 0.2) is 0 Å². The van der Waals surface area contributed by atoms with Crippen LogP contribution in [0.1, 0.15) is 30.1 Å². The fourth-order valence-electron chi connectivity index (χ4n) is 2.73. The number of carboxylic acids is 1. The first kappa shape index (κ1) is 15.2. The average molecular weight is 293 g/mol. The first-order chi connectivity index (χ1) is 9.95. The number of likely N-dealkylation sites (tertiary alicyclic amines) is 1. The van der Waals surface area contributed by atoms with Crippen molar-refractivity contribution in [1.29, 1.82) is 0 Å². The summed E-state index contributed by atoms with van der Waals surface area (Å²) in [4.78, 5) is 25.3. The summed E-state index contributed by atoms with van der Waals surface area (Å²) in [5.41, 5.74) is 0.132. The van der Waals surface area contributed by atoms with Crippen LogP contribution in [0.5, 0.6) is 11.5 Å². The van der Waals surface area contributed by atoms with E-state index < -0.39 is 17.9 Å². The van der Waals surface area contributed by atoms with Gasteiger partial charge < -0.3 is 19.8 Å². The van der Waals surface area contributed by atoms with Gasteiger partial charge >= 0.3 is 5.97 Å². The highest BCUT2D eigenvalue weighted by molar-refractivity contribution is 5.97. The third-order valence-electron chi connectivity index (χ3n) is 4.00. The number of nitrogens with zero attached hydrogens (tertiary/aromatic N) is 1. The third-order valence-corrected chi connectivity index (χ3v) is 4.00. The molecule has 0 bridgehead atoms. The summed E-state index contributed by atoms with van der Waals surface area (Å²) >= 11 is 0. The molecule has 2 atom stereocenters. The number of carbonyl (C=O) groups excluding carboxylic acids is 1. The van der Waals surface area contributed by atoms with E-state index in [9.17, 15) is 19.8 Å². The van der Waals surface area contributed by atoms with Gasteiger partial charge in [0.05, 0.1) is 18.6 Å². The minimum atomic E-state index is -0.894. The van der Waals surface area contributed by atoms with Crippen molar-refractivity contribution in [2.45, 2.75) is 25.8 Å². The number of aromatic hydroxyl groups is 1. The lowest BCUT2D eigenvalue weighted by Crippen LogP contribution is -2.49. The lowest BCUT2D eigenvalue weighted by Gasteiger charge is -2.37. The second-order valence-electron chi connectivity index (χ2n) is 5.21. The van der Waals surface area contributed by atoms with Crippen LogP contribution in [0.2, 0.25) is 0 Å². The van der Waals surface area contributed by atoms with E-state index in [2.05, 4.69) is 0 Å². The van der Waals surface area contributed by atoms with E-state index in [-0.39, 0.29) is 17.2 Å². The van der Waals surface area contributed by atoms with Gasteiger partial charge in [0.2, 0.25) is 0 Å². The largest absolute Gasteiger partial charge is 0.507 e. The van der Waals surface area contributed by atoms with Crippen LogP contribution in [-0.2, 0) is 4.79 Å². The second-order valence-corrected chi connectivity index (χ2v) is 5.21. The minimum absolute atomic E-state index is 0.132. The molecular weight excluding hydrogens is 274 g/mol. The molecule has 0 aromatic heterocycles. The number of piperidine rings is 1. The molecule has 114 valence electrons. The predicted molar refractivity (Wildman–Crippen MR) is 75.5 cm³/mol. The molecule has 0 saturated carbocycles. The Bertz CT molecular complexity index is 557. The molecule has 1 amide bonds. The Morgan fingerprint density at radius 2 is 2.10 bits per heavy atom. The van der Waals surface area contributed by atoms with Crippen LogP contribution in [0.15, 0.2) is 18.2 Å². The van der Waals surface area contributed by atoms with E-state index in [0.717, 1.165) is 0 Å². The molecule has 1 aromatic carbocycles.